The van der Waals surface area contributed by atoms with Crippen LogP contribution in [-0.2, 0) is 0 Å². The number of rotatable bonds is 12. The molecule has 5 rings (SSSR count). The van der Waals surface area contributed by atoms with Gasteiger partial charge in [0, 0.05) is 5.56 Å². The topological polar surface area (TPSA) is 0 Å². The van der Waals surface area contributed by atoms with Gasteiger partial charge in [0.1, 0.15) is 11.6 Å². The zero-order valence-electron chi connectivity index (χ0n) is 26.5. The molecule has 3 aliphatic rings. The maximum Gasteiger partial charge on any atom is 0.159 e. The molecule has 0 atom stereocenters. The Labute approximate surface area is 258 Å². The highest BCUT2D eigenvalue weighted by molar-refractivity contribution is 5.32. The van der Waals surface area contributed by atoms with Crippen LogP contribution in [0.1, 0.15) is 170 Å². The van der Waals surface area contributed by atoms with E-state index in [1.807, 2.05) is 0 Å². The molecule has 43 heavy (non-hydrogen) atoms. The zero-order chi connectivity index (χ0) is 30.2. The van der Waals surface area contributed by atoms with Gasteiger partial charge in [0.05, 0.1) is 0 Å². The fourth-order valence-electron chi connectivity index (χ4n) is 8.97. The standard InChI is InChI=1S/C39H54F4/c1-2-3-4-5-6-7-8-9-27-10-12-28(13-11-27)29-14-16-31(17-15-29)34-25-37(42)39(38(43)26-34)32-20-18-30(19-21-32)33-22-23-35(40)36(41)24-33/h22-32H,2-21H2,1H3. The van der Waals surface area contributed by atoms with Crippen LogP contribution in [0.3, 0.4) is 0 Å². The van der Waals surface area contributed by atoms with E-state index in [4.69, 9.17) is 0 Å². The molecule has 0 unspecified atom stereocenters. The third-order valence-electron chi connectivity index (χ3n) is 11.7. The van der Waals surface area contributed by atoms with Crippen LogP contribution >= 0.6 is 0 Å². The first-order valence-corrected chi connectivity index (χ1v) is 17.9. The van der Waals surface area contributed by atoms with Crippen molar-refractivity contribution in [3.05, 3.63) is 70.3 Å². The van der Waals surface area contributed by atoms with E-state index in [2.05, 4.69) is 6.92 Å². The minimum Gasteiger partial charge on any atom is -0.207 e. The van der Waals surface area contributed by atoms with Crippen molar-refractivity contribution in [2.24, 2.45) is 17.8 Å². The van der Waals surface area contributed by atoms with Crippen molar-refractivity contribution in [2.75, 3.05) is 0 Å². The second-order valence-electron chi connectivity index (χ2n) is 14.4. The molecule has 0 nitrogen and oxygen atoms in total. The molecule has 2 aromatic rings. The lowest BCUT2D eigenvalue weighted by molar-refractivity contribution is 0.155. The molecule has 0 spiro atoms. The molecule has 0 bridgehead atoms. The van der Waals surface area contributed by atoms with E-state index in [0.29, 0.717) is 12.8 Å². The highest BCUT2D eigenvalue weighted by Crippen LogP contribution is 2.46. The first-order chi connectivity index (χ1) is 20.9. The first kappa shape index (κ1) is 32.6. The van der Waals surface area contributed by atoms with Crippen LogP contribution in [0.25, 0.3) is 0 Å². The summed E-state index contributed by atoms with van der Waals surface area (Å²) in [6.45, 7) is 2.28. The molecule has 238 valence electrons. The molecule has 0 aromatic heterocycles. The Bertz CT molecular complexity index is 1110. The smallest absolute Gasteiger partial charge is 0.159 e. The highest BCUT2D eigenvalue weighted by Gasteiger charge is 2.33. The maximum absolute atomic E-state index is 15.4. The molecule has 3 aliphatic carbocycles. The number of benzene rings is 2. The summed E-state index contributed by atoms with van der Waals surface area (Å²) < 4.78 is 57.9. The minimum absolute atomic E-state index is 0.104. The monoisotopic (exact) mass is 598 g/mol. The Morgan fingerprint density at radius 2 is 0.977 bits per heavy atom. The summed E-state index contributed by atoms with van der Waals surface area (Å²) in [5, 5.41) is 0. The van der Waals surface area contributed by atoms with Gasteiger partial charge in [-0.1, -0.05) is 77.2 Å². The number of unbranched alkanes of at least 4 members (excludes halogenated alkanes) is 6. The largest absolute Gasteiger partial charge is 0.207 e. The van der Waals surface area contributed by atoms with Gasteiger partial charge in [-0.25, -0.2) is 17.6 Å². The molecule has 0 radical (unpaired) electrons. The summed E-state index contributed by atoms with van der Waals surface area (Å²) in [4.78, 5) is 0. The summed E-state index contributed by atoms with van der Waals surface area (Å²) in [7, 11) is 0. The lowest BCUT2D eigenvalue weighted by Crippen LogP contribution is -2.25. The molecule has 4 heteroatoms. The van der Waals surface area contributed by atoms with Crippen LogP contribution < -0.4 is 0 Å². The fourth-order valence-corrected chi connectivity index (χ4v) is 8.97. The SMILES string of the molecule is CCCCCCCCCC1CCC(C2CCC(c3cc(F)c(C4CCC(c5ccc(F)c(F)c5)CC4)c(F)c3)CC2)CC1. The molecule has 0 heterocycles. The summed E-state index contributed by atoms with van der Waals surface area (Å²) in [5.41, 5.74) is 1.85. The van der Waals surface area contributed by atoms with E-state index in [1.54, 1.807) is 18.2 Å². The Morgan fingerprint density at radius 1 is 0.488 bits per heavy atom. The van der Waals surface area contributed by atoms with Crippen LogP contribution in [0.4, 0.5) is 17.6 Å². The van der Waals surface area contributed by atoms with Crippen LogP contribution in [0.2, 0.25) is 0 Å². The lowest BCUT2D eigenvalue weighted by Gasteiger charge is -2.38. The molecule has 3 saturated carbocycles. The van der Waals surface area contributed by atoms with Crippen molar-refractivity contribution in [3.8, 4) is 0 Å². The second kappa shape index (κ2) is 15.9. The van der Waals surface area contributed by atoms with Gasteiger partial charge in [-0.3, -0.25) is 0 Å². The lowest BCUT2D eigenvalue weighted by atomic mass is 9.68. The van der Waals surface area contributed by atoms with E-state index in [9.17, 15) is 8.78 Å². The van der Waals surface area contributed by atoms with Gasteiger partial charge in [0.2, 0.25) is 0 Å². The van der Waals surface area contributed by atoms with Crippen molar-refractivity contribution >= 4 is 0 Å². The first-order valence-electron chi connectivity index (χ1n) is 17.9. The van der Waals surface area contributed by atoms with Gasteiger partial charge in [-0.05, 0) is 135 Å². The van der Waals surface area contributed by atoms with Gasteiger partial charge in [-0.15, -0.1) is 0 Å². The molecule has 0 aliphatic heterocycles. The predicted molar refractivity (Wildman–Crippen MR) is 169 cm³/mol. The highest BCUT2D eigenvalue weighted by atomic mass is 19.2. The Morgan fingerprint density at radius 3 is 1.58 bits per heavy atom. The number of halogens is 4. The summed E-state index contributed by atoms with van der Waals surface area (Å²) in [6.07, 6.45) is 24.0. The van der Waals surface area contributed by atoms with Crippen molar-refractivity contribution in [1.82, 2.24) is 0 Å². The van der Waals surface area contributed by atoms with Crippen LogP contribution in [0.15, 0.2) is 30.3 Å². The third kappa shape index (κ3) is 8.66. The van der Waals surface area contributed by atoms with Gasteiger partial charge in [-0.2, -0.15) is 0 Å². The molecule has 0 amide bonds. The second-order valence-corrected chi connectivity index (χ2v) is 14.4. The van der Waals surface area contributed by atoms with Crippen LogP contribution in [0.5, 0.6) is 0 Å². The maximum atomic E-state index is 15.4. The van der Waals surface area contributed by atoms with Gasteiger partial charge < -0.3 is 0 Å². The normalized spacial score (nSPS) is 28.2. The molecular weight excluding hydrogens is 544 g/mol. The van der Waals surface area contributed by atoms with Gasteiger partial charge in [0.15, 0.2) is 11.6 Å². The van der Waals surface area contributed by atoms with E-state index in [1.165, 1.54) is 102 Å². The third-order valence-corrected chi connectivity index (χ3v) is 11.7. The van der Waals surface area contributed by atoms with E-state index in [-0.39, 0.29) is 23.3 Å². The van der Waals surface area contributed by atoms with Crippen molar-refractivity contribution in [2.45, 2.75) is 153 Å². The number of hydrogen-bond acceptors (Lipinski definition) is 0. The Hall–Kier alpha value is -1.84. The fraction of sp³-hybridized carbons (Fsp3) is 0.692. The Kier molecular flexibility index (Phi) is 12.1. The van der Waals surface area contributed by atoms with Gasteiger partial charge >= 0.3 is 0 Å². The van der Waals surface area contributed by atoms with Crippen molar-refractivity contribution in [1.29, 1.82) is 0 Å². The Balaban J connectivity index is 1.05. The number of hydrogen-bond donors (Lipinski definition) is 0. The van der Waals surface area contributed by atoms with Crippen molar-refractivity contribution < 1.29 is 17.6 Å². The van der Waals surface area contributed by atoms with Crippen LogP contribution in [-0.4, -0.2) is 0 Å². The molecule has 0 saturated heterocycles. The minimum atomic E-state index is -0.841. The zero-order valence-corrected chi connectivity index (χ0v) is 26.5. The van der Waals surface area contributed by atoms with E-state index >= 15 is 8.78 Å². The summed E-state index contributed by atoms with van der Waals surface area (Å²) >= 11 is 0. The molecule has 0 N–H and O–H groups in total. The molecule has 3 fully saturated rings. The quantitative estimate of drug-likeness (QED) is 0.168. The average Bonchev–Trinajstić information content (AvgIpc) is 3.02. The molecule has 2 aromatic carbocycles. The van der Waals surface area contributed by atoms with Gasteiger partial charge in [0.25, 0.3) is 0 Å². The summed E-state index contributed by atoms with van der Waals surface area (Å²) in [5.74, 6) is 0.313. The van der Waals surface area contributed by atoms with E-state index in [0.717, 1.165) is 54.6 Å². The predicted octanol–water partition coefficient (Wildman–Crippen LogP) is 12.9. The summed E-state index contributed by atoms with van der Waals surface area (Å²) in [6, 6.07) is 7.33. The molecular formula is C39H54F4. The van der Waals surface area contributed by atoms with E-state index < -0.39 is 23.3 Å². The van der Waals surface area contributed by atoms with Crippen LogP contribution in [0, 0.1) is 41.0 Å². The van der Waals surface area contributed by atoms with Crippen molar-refractivity contribution in [3.63, 3.8) is 0 Å². The average molecular weight is 599 g/mol.